The van der Waals surface area contributed by atoms with Crippen LogP contribution in [-0.4, -0.2) is 49.4 Å². The number of hydrogen-bond donors (Lipinski definition) is 1. The standard InChI is InChI=1S/C17H21Cl2N3O2.ClH/c1-20-11-4-7-21(8-5-11)16(23)13-6-9-22(17(13)24)12-2-3-14(18)15(19)10-12;/h2-3,10-11,13,20H,4-9H2,1H3;1H. The Labute approximate surface area is 164 Å². The molecule has 1 N–H and O–H groups in total. The summed E-state index contributed by atoms with van der Waals surface area (Å²) in [5.74, 6) is -0.767. The van der Waals surface area contributed by atoms with E-state index in [2.05, 4.69) is 5.32 Å². The number of anilines is 1. The van der Waals surface area contributed by atoms with Gasteiger partial charge in [0.2, 0.25) is 11.8 Å². The van der Waals surface area contributed by atoms with Gasteiger partial charge in [0.25, 0.3) is 0 Å². The molecule has 2 aliphatic rings. The minimum Gasteiger partial charge on any atom is -0.342 e. The van der Waals surface area contributed by atoms with E-state index in [9.17, 15) is 9.59 Å². The molecular formula is C17H22Cl3N3O2. The lowest BCUT2D eigenvalue weighted by atomic mass is 10.0. The first kappa shape index (κ1) is 20.3. The Morgan fingerprint density at radius 3 is 2.40 bits per heavy atom. The maximum atomic E-state index is 12.7. The van der Waals surface area contributed by atoms with E-state index in [0.717, 1.165) is 12.8 Å². The van der Waals surface area contributed by atoms with Crippen LogP contribution in [0.1, 0.15) is 19.3 Å². The van der Waals surface area contributed by atoms with Crippen molar-refractivity contribution in [1.82, 2.24) is 10.2 Å². The molecule has 2 heterocycles. The van der Waals surface area contributed by atoms with E-state index in [0.29, 0.717) is 47.8 Å². The summed E-state index contributed by atoms with van der Waals surface area (Å²) in [6, 6.07) is 5.57. The van der Waals surface area contributed by atoms with Gasteiger partial charge in [-0.2, -0.15) is 0 Å². The number of carbonyl (C=O) groups is 2. The van der Waals surface area contributed by atoms with Gasteiger partial charge in [-0.1, -0.05) is 23.2 Å². The third kappa shape index (κ3) is 4.22. The van der Waals surface area contributed by atoms with Gasteiger partial charge in [0.05, 0.1) is 10.0 Å². The molecule has 5 nitrogen and oxygen atoms in total. The van der Waals surface area contributed by atoms with Crippen LogP contribution in [0.2, 0.25) is 10.0 Å². The molecule has 0 bridgehead atoms. The molecule has 1 unspecified atom stereocenters. The Balaban J connectivity index is 0.00000225. The average molecular weight is 407 g/mol. The summed E-state index contributed by atoms with van der Waals surface area (Å²) < 4.78 is 0. The van der Waals surface area contributed by atoms with Crippen molar-refractivity contribution >= 4 is 53.1 Å². The van der Waals surface area contributed by atoms with Crippen LogP contribution in [0.25, 0.3) is 0 Å². The molecule has 0 spiro atoms. The highest BCUT2D eigenvalue weighted by Gasteiger charge is 2.40. The summed E-state index contributed by atoms with van der Waals surface area (Å²) in [5.41, 5.74) is 0.693. The smallest absolute Gasteiger partial charge is 0.239 e. The highest BCUT2D eigenvalue weighted by molar-refractivity contribution is 6.42. The van der Waals surface area contributed by atoms with Crippen LogP contribution in [-0.2, 0) is 9.59 Å². The Hall–Kier alpha value is -1.01. The first-order chi connectivity index (χ1) is 11.5. The van der Waals surface area contributed by atoms with Crippen molar-refractivity contribution in [2.24, 2.45) is 5.92 Å². The summed E-state index contributed by atoms with van der Waals surface area (Å²) in [6.07, 6.45) is 2.41. The summed E-state index contributed by atoms with van der Waals surface area (Å²) in [7, 11) is 1.94. The molecule has 8 heteroatoms. The van der Waals surface area contributed by atoms with E-state index in [1.165, 1.54) is 0 Å². The molecule has 2 fully saturated rings. The fourth-order valence-corrected chi connectivity index (χ4v) is 3.72. The lowest BCUT2D eigenvalue weighted by molar-refractivity contribution is -0.140. The number of piperidine rings is 1. The van der Waals surface area contributed by atoms with Crippen LogP contribution < -0.4 is 10.2 Å². The summed E-state index contributed by atoms with van der Waals surface area (Å²) in [5, 5.41) is 4.10. The molecule has 2 amide bonds. The molecule has 0 saturated carbocycles. The topological polar surface area (TPSA) is 52.7 Å². The maximum Gasteiger partial charge on any atom is 0.239 e. The van der Waals surface area contributed by atoms with Crippen LogP contribution in [0.3, 0.4) is 0 Å². The van der Waals surface area contributed by atoms with Crippen LogP contribution >= 0.6 is 35.6 Å². The molecule has 3 rings (SSSR count). The van der Waals surface area contributed by atoms with Gasteiger partial charge in [0.15, 0.2) is 0 Å². The lowest BCUT2D eigenvalue weighted by Gasteiger charge is -2.33. The van der Waals surface area contributed by atoms with Gasteiger partial charge in [-0.3, -0.25) is 9.59 Å². The van der Waals surface area contributed by atoms with Crippen LogP contribution in [0.5, 0.6) is 0 Å². The van der Waals surface area contributed by atoms with Crippen molar-refractivity contribution in [3.05, 3.63) is 28.2 Å². The zero-order valence-electron chi connectivity index (χ0n) is 14.0. The van der Waals surface area contributed by atoms with Crippen LogP contribution in [0.15, 0.2) is 18.2 Å². The number of rotatable bonds is 3. The van der Waals surface area contributed by atoms with E-state index in [-0.39, 0.29) is 24.2 Å². The predicted octanol–water partition coefficient (Wildman–Crippen LogP) is 2.98. The predicted molar refractivity (Wildman–Crippen MR) is 103 cm³/mol. The van der Waals surface area contributed by atoms with Gasteiger partial charge < -0.3 is 15.1 Å². The summed E-state index contributed by atoms with van der Waals surface area (Å²) >= 11 is 12.0. The fraction of sp³-hybridized carbons (Fsp3) is 0.529. The second-order valence-corrected chi connectivity index (χ2v) is 7.13. The number of likely N-dealkylation sites (tertiary alicyclic amines) is 1. The Morgan fingerprint density at radius 1 is 1.12 bits per heavy atom. The third-order valence-electron chi connectivity index (χ3n) is 4.93. The molecule has 1 atom stereocenters. The van der Waals surface area contributed by atoms with Gasteiger partial charge in [0.1, 0.15) is 5.92 Å². The first-order valence-corrected chi connectivity index (χ1v) is 8.99. The molecule has 138 valence electrons. The van der Waals surface area contributed by atoms with E-state index in [4.69, 9.17) is 23.2 Å². The highest BCUT2D eigenvalue weighted by atomic mass is 35.5. The van der Waals surface area contributed by atoms with Crippen molar-refractivity contribution in [1.29, 1.82) is 0 Å². The second-order valence-electron chi connectivity index (χ2n) is 6.32. The molecule has 0 radical (unpaired) electrons. The molecular weight excluding hydrogens is 385 g/mol. The van der Waals surface area contributed by atoms with E-state index < -0.39 is 5.92 Å². The molecule has 0 aromatic heterocycles. The van der Waals surface area contributed by atoms with Gasteiger partial charge in [-0.15, -0.1) is 12.4 Å². The Morgan fingerprint density at radius 2 is 1.80 bits per heavy atom. The summed E-state index contributed by atoms with van der Waals surface area (Å²) in [6.45, 7) is 1.95. The van der Waals surface area contributed by atoms with E-state index >= 15 is 0 Å². The zero-order valence-corrected chi connectivity index (χ0v) is 16.3. The number of amides is 2. The van der Waals surface area contributed by atoms with Crippen molar-refractivity contribution in [3.63, 3.8) is 0 Å². The SMILES string of the molecule is CNC1CCN(C(=O)C2CCN(c3ccc(Cl)c(Cl)c3)C2=O)CC1.Cl. The average Bonchev–Trinajstić information content (AvgIpc) is 2.98. The molecule has 1 aromatic carbocycles. The number of carbonyl (C=O) groups excluding carboxylic acids is 2. The van der Waals surface area contributed by atoms with E-state index in [1.54, 1.807) is 23.1 Å². The van der Waals surface area contributed by atoms with Crippen molar-refractivity contribution in [2.75, 3.05) is 31.6 Å². The molecule has 25 heavy (non-hydrogen) atoms. The van der Waals surface area contributed by atoms with Crippen molar-refractivity contribution in [3.8, 4) is 0 Å². The Bertz CT molecular complexity index is 648. The lowest BCUT2D eigenvalue weighted by Crippen LogP contribution is -2.47. The van der Waals surface area contributed by atoms with Gasteiger partial charge in [-0.25, -0.2) is 0 Å². The number of benzene rings is 1. The summed E-state index contributed by atoms with van der Waals surface area (Å²) in [4.78, 5) is 28.9. The number of nitrogens with one attached hydrogen (secondary N) is 1. The molecule has 2 aliphatic heterocycles. The fourth-order valence-electron chi connectivity index (χ4n) is 3.43. The van der Waals surface area contributed by atoms with Gasteiger partial charge >= 0.3 is 0 Å². The van der Waals surface area contributed by atoms with E-state index in [1.807, 2.05) is 11.9 Å². The minimum atomic E-state index is -0.578. The minimum absolute atomic E-state index is 0. The Kier molecular flexibility index (Phi) is 6.97. The van der Waals surface area contributed by atoms with Crippen molar-refractivity contribution in [2.45, 2.75) is 25.3 Å². The van der Waals surface area contributed by atoms with Gasteiger partial charge in [0, 0.05) is 31.4 Å². The largest absolute Gasteiger partial charge is 0.342 e. The highest BCUT2D eigenvalue weighted by Crippen LogP contribution is 2.32. The number of nitrogens with zero attached hydrogens (tertiary/aromatic N) is 2. The quantitative estimate of drug-likeness (QED) is 0.785. The normalized spacial score (nSPS) is 21.4. The second kappa shape index (κ2) is 8.58. The number of halogens is 3. The van der Waals surface area contributed by atoms with Crippen LogP contribution in [0.4, 0.5) is 5.69 Å². The monoisotopic (exact) mass is 405 g/mol. The molecule has 1 aromatic rings. The van der Waals surface area contributed by atoms with Crippen molar-refractivity contribution < 1.29 is 9.59 Å². The zero-order chi connectivity index (χ0) is 17.3. The number of hydrogen-bond acceptors (Lipinski definition) is 3. The van der Waals surface area contributed by atoms with Gasteiger partial charge in [-0.05, 0) is 44.5 Å². The maximum absolute atomic E-state index is 12.7. The molecule has 2 saturated heterocycles. The molecule has 0 aliphatic carbocycles. The first-order valence-electron chi connectivity index (χ1n) is 8.23. The van der Waals surface area contributed by atoms with Crippen LogP contribution in [0, 0.1) is 5.92 Å². The third-order valence-corrected chi connectivity index (χ3v) is 5.67.